The third kappa shape index (κ3) is 9.45. The number of carboxylic acid groups (broad SMARTS) is 1. The van der Waals surface area contributed by atoms with E-state index in [1.54, 1.807) is 0 Å². The van der Waals surface area contributed by atoms with Crippen molar-refractivity contribution in [3.05, 3.63) is 0 Å². The van der Waals surface area contributed by atoms with Gasteiger partial charge in [-0.05, 0) is 6.42 Å². The second kappa shape index (κ2) is 17.6. The highest BCUT2D eigenvalue weighted by Crippen LogP contribution is 2.31. The molecule has 21 heteroatoms. The molecule has 14 N–H and O–H groups in total. The predicted octanol–water partition coefficient (Wildman–Crippen LogP) is -8.24. The van der Waals surface area contributed by atoms with Gasteiger partial charge in [0.2, 0.25) is 5.91 Å². The number of aliphatic carboxylic acids is 1. The molecule has 3 aliphatic rings. The molecule has 16 atom stereocenters. The number of aliphatic hydroxyl groups excluding tert-OH is 10. The Bertz CT molecular complexity index is 962. The molecule has 0 unspecified atom stereocenters. The Morgan fingerprint density at radius 2 is 1.22 bits per heavy atom. The van der Waals surface area contributed by atoms with E-state index in [0.29, 0.717) is 0 Å². The molecule has 268 valence electrons. The van der Waals surface area contributed by atoms with Crippen LogP contribution in [0.4, 0.5) is 0 Å². The fourth-order valence-electron chi connectivity index (χ4n) is 4.96. The van der Waals surface area contributed by atoms with Crippen LogP contribution in [-0.4, -0.2) is 199 Å². The zero-order valence-corrected chi connectivity index (χ0v) is 24.5. The van der Waals surface area contributed by atoms with E-state index >= 15 is 0 Å². The van der Waals surface area contributed by atoms with Crippen molar-refractivity contribution in [2.24, 2.45) is 5.73 Å². The lowest BCUT2D eigenvalue weighted by Crippen LogP contribution is -2.65. The Hall–Kier alpha value is -1.74. The molecule has 0 bridgehead atoms. The Morgan fingerprint density at radius 3 is 1.78 bits per heavy atom. The number of hydrogen-bond donors (Lipinski definition) is 13. The van der Waals surface area contributed by atoms with E-state index in [-0.39, 0.29) is 26.0 Å². The Balaban J connectivity index is 1.70. The van der Waals surface area contributed by atoms with Gasteiger partial charge in [-0.15, -0.1) is 0 Å². The number of aliphatic hydroxyl groups is 10. The summed E-state index contributed by atoms with van der Waals surface area (Å²) in [5, 5.41) is 113. The van der Waals surface area contributed by atoms with Crippen LogP contribution in [0.5, 0.6) is 0 Å². The molecule has 1 amide bonds. The van der Waals surface area contributed by atoms with E-state index in [1.807, 2.05) is 0 Å². The molecule has 0 spiro atoms. The number of carboxylic acids is 1. The second-order valence-electron chi connectivity index (χ2n) is 11.1. The Morgan fingerprint density at radius 1 is 0.696 bits per heavy atom. The zero-order chi connectivity index (χ0) is 34.3. The maximum atomic E-state index is 12.1. The van der Waals surface area contributed by atoms with Crippen molar-refractivity contribution in [2.75, 3.05) is 33.0 Å². The molecular weight excluding hydrogens is 632 g/mol. The second-order valence-corrected chi connectivity index (χ2v) is 11.1. The number of nitrogens with one attached hydrogen (secondary N) is 1. The number of carbonyl (C=O) groups is 2. The molecule has 0 radical (unpaired) electrons. The zero-order valence-electron chi connectivity index (χ0n) is 24.5. The van der Waals surface area contributed by atoms with Gasteiger partial charge in [0.25, 0.3) is 0 Å². The molecule has 3 heterocycles. The summed E-state index contributed by atoms with van der Waals surface area (Å²) >= 11 is 0. The molecular formula is C25H44N2O19. The number of nitrogens with two attached hydrogens (primary N) is 1. The molecule has 21 nitrogen and oxygen atoms in total. The van der Waals surface area contributed by atoms with E-state index < -0.39 is 130 Å². The number of ether oxygens (including phenoxy) is 6. The van der Waals surface area contributed by atoms with Gasteiger partial charge in [-0.1, -0.05) is 0 Å². The maximum Gasteiger partial charge on any atom is 0.303 e. The van der Waals surface area contributed by atoms with Crippen LogP contribution in [0.2, 0.25) is 0 Å². The largest absolute Gasteiger partial charge is 0.481 e. The summed E-state index contributed by atoms with van der Waals surface area (Å²) in [5.41, 5.74) is 5.65. The summed E-state index contributed by atoms with van der Waals surface area (Å²) in [5.74, 6) is -1.82. The van der Waals surface area contributed by atoms with E-state index in [2.05, 4.69) is 5.32 Å². The molecule has 0 aliphatic carbocycles. The number of hydrogen-bond acceptors (Lipinski definition) is 19. The Kier molecular flexibility index (Phi) is 14.8. The highest BCUT2D eigenvalue weighted by Gasteiger charge is 2.52. The minimum Gasteiger partial charge on any atom is -0.481 e. The molecule has 3 rings (SSSR count). The lowest BCUT2D eigenvalue weighted by atomic mass is 9.96. The first kappa shape index (κ1) is 38.7. The first-order chi connectivity index (χ1) is 21.7. The Labute approximate surface area is 261 Å². The topological polar surface area (TPSA) is 350 Å². The summed E-state index contributed by atoms with van der Waals surface area (Å²) in [6.07, 6.45) is -25.9. The van der Waals surface area contributed by atoms with Crippen LogP contribution in [0.25, 0.3) is 0 Å². The SMILES string of the molecule is N[C@@H](CCC(=O)O)C(=O)NCCO[C@H]1O[C@H](CO[C@H]2O[C@H](CO)[C@@H](O)[C@H](O)[C@@H]2O)[C@@H](O)[C@H](O[C@H]2O[C@H](CO)[C@@H](O)[C@H](O)[C@@H]2O)[C@@H]1O. The lowest BCUT2D eigenvalue weighted by Gasteiger charge is -2.46. The van der Waals surface area contributed by atoms with Crippen molar-refractivity contribution < 1.29 is 94.2 Å². The van der Waals surface area contributed by atoms with Gasteiger partial charge < -0.3 is 95.6 Å². The standard InChI is InChI=1S/C25H44N2O19/c26-8(1-2-12(30)31)22(40)27-3-4-41-24-20(39)21(46-25-19(38)17(36)14(33)10(6-29)44-25)15(34)11(45-24)7-42-23-18(37)16(35)13(32)9(5-28)43-23/h8-11,13-21,23-25,28-29,32-39H,1-7,26H2,(H,27,40)(H,30,31)/t8-,9+,10+,11+,13+,14+,15+,16-,17-,18-,19-,20-,21-,23-,24-,25+/m0/s1. The van der Waals surface area contributed by atoms with Gasteiger partial charge in [0, 0.05) is 13.0 Å². The average molecular weight is 677 g/mol. The molecule has 0 aromatic carbocycles. The van der Waals surface area contributed by atoms with Gasteiger partial charge in [-0.3, -0.25) is 9.59 Å². The first-order valence-electron chi connectivity index (χ1n) is 14.5. The molecule has 3 aliphatic heterocycles. The monoisotopic (exact) mass is 676 g/mol. The van der Waals surface area contributed by atoms with E-state index in [0.717, 1.165) is 0 Å². The van der Waals surface area contributed by atoms with Crippen LogP contribution in [0.15, 0.2) is 0 Å². The molecule has 3 saturated heterocycles. The van der Waals surface area contributed by atoms with Crippen molar-refractivity contribution in [1.82, 2.24) is 5.32 Å². The minimum atomic E-state index is -1.91. The fraction of sp³-hybridized carbons (Fsp3) is 0.920. The predicted molar refractivity (Wildman–Crippen MR) is 143 cm³/mol. The molecule has 0 aromatic rings. The maximum absolute atomic E-state index is 12.1. The van der Waals surface area contributed by atoms with Gasteiger partial charge >= 0.3 is 5.97 Å². The quantitative estimate of drug-likeness (QED) is 0.0716. The number of amides is 1. The summed E-state index contributed by atoms with van der Waals surface area (Å²) < 4.78 is 32.8. The van der Waals surface area contributed by atoms with Gasteiger partial charge in [-0.2, -0.15) is 0 Å². The number of rotatable bonds is 15. The fourth-order valence-corrected chi connectivity index (χ4v) is 4.96. The molecule has 3 fully saturated rings. The molecule has 46 heavy (non-hydrogen) atoms. The third-order valence-electron chi connectivity index (χ3n) is 7.74. The van der Waals surface area contributed by atoms with Crippen LogP contribution in [0, 0.1) is 0 Å². The van der Waals surface area contributed by atoms with Crippen LogP contribution in [0.1, 0.15) is 12.8 Å². The highest BCUT2D eigenvalue weighted by molar-refractivity contribution is 5.82. The highest BCUT2D eigenvalue weighted by atomic mass is 16.7. The van der Waals surface area contributed by atoms with Gasteiger partial charge in [-0.25, -0.2) is 0 Å². The number of carbonyl (C=O) groups excluding carboxylic acids is 1. The lowest BCUT2D eigenvalue weighted by molar-refractivity contribution is -0.366. The minimum absolute atomic E-state index is 0.128. The molecule has 0 saturated carbocycles. The first-order valence-corrected chi connectivity index (χ1v) is 14.5. The van der Waals surface area contributed by atoms with E-state index in [4.69, 9.17) is 39.3 Å². The average Bonchev–Trinajstić information content (AvgIpc) is 3.03. The van der Waals surface area contributed by atoms with Crippen molar-refractivity contribution in [3.63, 3.8) is 0 Å². The summed E-state index contributed by atoms with van der Waals surface area (Å²) in [4.78, 5) is 22.8. The summed E-state index contributed by atoms with van der Waals surface area (Å²) in [6, 6.07) is -1.12. The van der Waals surface area contributed by atoms with E-state index in [1.165, 1.54) is 0 Å². The van der Waals surface area contributed by atoms with Crippen LogP contribution in [0.3, 0.4) is 0 Å². The van der Waals surface area contributed by atoms with Gasteiger partial charge in [0.1, 0.15) is 73.2 Å². The van der Waals surface area contributed by atoms with Gasteiger partial charge in [0.15, 0.2) is 18.9 Å². The van der Waals surface area contributed by atoms with Crippen molar-refractivity contribution in [1.29, 1.82) is 0 Å². The summed E-state index contributed by atoms with van der Waals surface area (Å²) in [6.45, 7) is -2.72. The third-order valence-corrected chi connectivity index (χ3v) is 7.74. The smallest absolute Gasteiger partial charge is 0.303 e. The van der Waals surface area contributed by atoms with Crippen LogP contribution in [-0.2, 0) is 38.0 Å². The summed E-state index contributed by atoms with van der Waals surface area (Å²) in [7, 11) is 0. The van der Waals surface area contributed by atoms with Crippen molar-refractivity contribution in [3.8, 4) is 0 Å². The molecule has 0 aromatic heterocycles. The normalized spacial score (nSPS) is 42.4. The van der Waals surface area contributed by atoms with Crippen molar-refractivity contribution >= 4 is 11.9 Å². The van der Waals surface area contributed by atoms with E-state index in [9.17, 15) is 60.7 Å². The van der Waals surface area contributed by atoms with Gasteiger partial charge in [0.05, 0.1) is 32.5 Å². The van der Waals surface area contributed by atoms with Crippen LogP contribution >= 0.6 is 0 Å². The van der Waals surface area contributed by atoms with Crippen molar-refractivity contribution in [2.45, 2.75) is 111 Å². The van der Waals surface area contributed by atoms with Crippen LogP contribution < -0.4 is 11.1 Å².